The maximum atomic E-state index is 11.7. The van der Waals surface area contributed by atoms with Gasteiger partial charge in [0.05, 0.1) is 13.2 Å². The Morgan fingerprint density at radius 1 is 0.885 bits per heavy atom. The Bertz CT molecular complexity index is 809. The number of hydrogen-bond donors (Lipinski definition) is 1. The lowest BCUT2D eigenvalue weighted by molar-refractivity contribution is -0.132. The summed E-state index contributed by atoms with van der Waals surface area (Å²) in [5, 5.41) is 11.7. The highest BCUT2D eigenvalue weighted by Gasteiger charge is 2.47. The molecule has 0 amide bonds. The molecule has 0 spiro atoms. The molecule has 0 saturated carbocycles. The van der Waals surface area contributed by atoms with Crippen LogP contribution in [0.25, 0.3) is 0 Å². The Balaban J connectivity index is 1.90. The summed E-state index contributed by atoms with van der Waals surface area (Å²) >= 11 is 0. The van der Waals surface area contributed by atoms with E-state index in [2.05, 4.69) is 6.08 Å². The summed E-state index contributed by atoms with van der Waals surface area (Å²) in [6.45, 7) is 1.05. The number of ether oxygens (including phenoxy) is 2. The van der Waals surface area contributed by atoms with Crippen LogP contribution in [0.1, 0.15) is 29.5 Å². The summed E-state index contributed by atoms with van der Waals surface area (Å²) in [6.07, 6.45) is 3.61. The van der Waals surface area contributed by atoms with Gasteiger partial charge in [0.1, 0.15) is 5.60 Å². The van der Waals surface area contributed by atoms with Gasteiger partial charge < -0.3 is 19.5 Å². The van der Waals surface area contributed by atoms with Crippen LogP contribution in [-0.2, 0) is 20.9 Å². The molecule has 1 unspecified atom stereocenters. The zero-order valence-corrected chi connectivity index (χ0v) is 15.3. The van der Waals surface area contributed by atoms with E-state index in [0.29, 0.717) is 19.6 Å². The van der Waals surface area contributed by atoms with Crippen molar-refractivity contribution in [2.75, 3.05) is 27.3 Å². The van der Waals surface area contributed by atoms with Crippen LogP contribution in [0.2, 0.25) is 0 Å². The van der Waals surface area contributed by atoms with Crippen LogP contribution < -0.4 is 0 Å². The Morgan fingerprint density at radius 2 is 1.50 bits per heavy atom. The molecule has 2 aromatic carbocycles. The van der Waals surface area contributed by atoms with Crippen LogP contribution in [0.4, 0.5) is 0 Å². The van der Waals surface area contributed by atoms with Gasteiger partial charge in [0.2, 0.25) is 5.79 Å². The number of nitrogens with zero attached hydrogens (tertiary/aromatic N) is 1. The van der Waals surface area contributed by atoms with Crippen LogP contribution in [-0.4, -0.2) is 37.3 Å². The maximum Gasteiger partial charge on any atom is 0.222 e. The van der Waals surface area contributed by atoms with Crippen molar-refractivity contribution in [2.24, 2.45) is 0 Å². The van der Waals surface area contributed by atoms with Crippen LogP contribution >= 0.6 is 0 Å². The molecule has 1 heterocycles. The standard InChI is InChI=1S/C22H25NO3/c1-23(2)20-13-8-14-21(20,24)18-11-6-7-12-19(18)22(25-15-16-26-22)17-9-4-3-5-10-17/h3-7,9-13,24H,8,14-16H2,1-2H3. The number of rotatable bonds is 4. The third-order valence-electron chi connectivity index (χ3n) is 5.32. The summed E-state index contributed by atoms with van der Waals surface area (Å²) in [7, 11) is 3.94. The van der Waals surface area contributed by atoms with Crippen molar-refractivity contribution >= 4 is 0 Å². The van der Waals surface area contributed by atoms with Gasteiger partial charge in [-0.25, -0.2) is 0 Å². The van der Waals surface area contributed by atoms with Crippen molar-refractivity contribution in [1.82, 2.24) is 4.90 Å². The Morgan fingerprint density at radius 3 is 2.15 bits per heavy atom. The fourth-order valence-electron chi connectivity index (χ4n) is 4.22. The molecule has 2 aromatic rings. The number of benzene rings is 2. The summed E-state index contributed by atoms with van der Waals surface area (Å²) < 4.78 is 12.4. The normalized spacial score (nSPS) is 24.5. The summed E-state index contributed by atoms with van der Waals surface area (Å²) in [5.41, 5.74) is 2.55. The summed E-state index contributed by atoms with van der Waals surface area (Å²) in [6, 6.07) is 17.9. The fourth-order valence-corrected chi connectivity index (χ4v) is 4.22. The van der Waals surface area contributed by atoms with Gasteiger partial charge >= 0.3 is 0 Å². The molecule has 1 aliphatic heterocycles. The van der Waals surface area contributed by atoms with Crippen LogP contribution in [0.15, 0.2) is 66.4 Å². The quantitative estimate of drug-likeness (QED) is 0.917. The lowest BCUT2D eigenvalue weighted by Crippen LogP contribution is -2.38. The average Bonchev–Trinajstić information content (AvgIpc) is 3.31. The van der Waals surface area contributed by atoms with Crippen molar-refractivity contribution in [3.63, 3.8) is 0 Å². The molecule has 1 fully saturated rings. The Labute approximate surface area is 154 Å². The summed E-state index contributed by atoms with van der Waals surface area (Å²) in [5.74, 6) is -0.979. The second-order valence-electron chi connectivity index (χ2n) is 7.11. The molecule has 1 N–H and O–H groups in total. The molecule has 0 radical (unpaired) electrons. The van der Waals surface area contributed by atoms with E-state index in [1.807, 2.05) is 73.6 Å². The van der Waals surface area contributed by atoms with Crippen molar-refractivity contribution in [3.05, 3.63) is 83.1 Å². The smallest absolute Gasteiger partial charge is 0.222 e. The molecule has 4 rings (SSSR count). The monoisotopic (exact) mass is 351 g/mol. The molecule has 1 aliphatic carbocycles. The van der Waals surface area contributed by atoms with Crippen molar-refractivity contribution in [3.8, 4) is 0 Å². The second-order valence-corrected chi connectivity index (χ2v) is 7.11. The van der Waals surface area contributed by atoms with Gasteiger partial charge in [-0.3, -0.25) is 0 Å². The number of aliphatic hydroxyl groups is 1. The van der Waals surface area contributed by atoms with Crippen LogP contribution in [0, 0.1) is 0 Å². The van der Waals surface area contributed by atoms with Gasteiger partial charge in [-0.15, -0.1) is 0 Å². The van der Waals surface area contributed by atoms with Gasteiger partial charge in [0.25, 0.3) is 0 Å². The first-order valence-electron chi connectivity index (χ1n) is 9.12. The summed E-state index contributed by atoms with van der Waals surface area (Å²) in [4.78, 5) is 2.00. The van der Waals surface area contributed by atoms with E-state index in [0.717, 1.165) is 28.8 Å². The zero-order valence-electron chi connectivity index (χ0n) is 15.3. The number of likely N-dealkylation sites (N-methyl/N-ethyl adjacent to an activating group) is 1. The minimum Gasteiger partial charge on any atom is -0.379 e. The molecule has 4 heteroatoms. The van der Waals surface area contributed by atoms with Crippen LogP contribution in [0.5, 0.6) is 0 Å². The van der Waals surface area contributed by atoms with E-state index in [9.17, 15) is 5.11 Å². The van der Waals surface area contributed by atoms with Crippen molar-refractivity contribution < 1.29 is 14.6 Å². The lowest BCUT2D eigenvalue weighted by atomic mass is 9.82. The van der Waals surface area contributed by atoms with Crippen LogP contribution in [0.3, 0.4) is 0 Å². The molecular weight excluding hydrogens is 326 g/mol. The molecule has 4 nitrogen and oxygen atoms in total. The van der Waals surface area contributed by atoms with Crippen molar-refractivity contribution in [1.29, 1.82) is 0 Å². The third-order valence-corrected chi connectivity index (χ3v) is 5.32. The zero-order chi connectivity index (χ0) is 18.2. The predicted octanol–water partition coefficient (Wildman–Crippen LogP) is 3.36. The van der Waals surface area contributed by atoms with E-state index >= 15 is 0 Å². The van der Waals surface area contributed by atoms with E-state index in [4.69, 9.17) is 9.47 Å². The van der Waals surface area contributed by atoms with E-state index in [-0.39, 0.29) is 0 Å². The fraction of sp³-hybridized carbons (Fsp3) is 0.364. The van der Waals surface area contributed by atoms with Gasteiger partial charge in [0.15, 0.2) is 0 Å². The minimum atomic E-state index is -1.04. The second kappa shape index (κ2) is 6.54. The first kappa shape index (κ1) is 17.3. The highest BCUT2D eigenvalue weighted by atomic mass is 16.7. The highest BCUT2D eigenvalue weighted by molar-refractivity contribution is 5.46. The van der Waals surface area contributed by atoms with Gasteiger partial charge in [-0.2, -0.15) is 0 Å². The third kappa shape index (κ3) is 2.57. The maximum absolute atomic E-state index is 11.7. The Hall–Kier alpha value is -2.14. The number of hydrogen-bond acceptors (Lipinski definition) is 4. The molecule has 26 heavy (non-hydrogen) atoms. The minimum absolute atomic E-state index is 0.526. The Kier molecular flexibility index (Phi) is 4.35. The largest absolute Gasteiger partial charge is 0.379 e. The van der Waals surface area contributed by atoms with Gasteiger partial charge in [0, 0.05) is 30.9 Å². The van der Waals surface area contributed by atoms with Crippen molar-refractivity contribution in [2.45, 2.75) is 24.2 Å². The topological polar surface area (TPSA) is 41.9 Å². The van der Waals surface area contributed by atoms with E-state index in [1.54, 1.807) is 0 Å². The van der Waals surface area contributed by atoms with E-state index in [1.165, 1.54) is 0 Å². The first-order chi connectivity index (χ1) is 12.6. The first-order valence-corrected chi connectivity index (χ1v) is 9.12. The SMILES string of the molecule is CN(C)C1=CCCC1(O)c1ccccc1C1(c2ccccc2)OCCO1. The molecular formula is C22H25NO3. The number of allylic oxidation sites excluding steroid dienone is 1. The van der Waals surface area contributed by atoms with E-state index < -0.39 is 11.4 Å². The molecule has 2 aliphatic rings. The molecule has 1 atom stereocenters. The molecule has 0 bridgehead atoms. The highest BCUT2D eigenvalue weighted by Crippen LogP contribution is 2.47. The molecule has 136 valence electrons. The van der Waals surface area contributed by atoms with Gasteiger partial charge in [-0.1, -0.05) is 60.7 Å². The predicted molar refractivity (Wildman–Crippen MR) is 100 cm³/mol. The average molecular weight is 351 g/mol. The van der Waals surface area contributed by atoms with Gasteiger partial charge in [-0.05, 0) is 18.4 Å². The molecule has 0 aromatic heterocycles. The lowest BCUT2D eigenvalue weighted by Gasteiger charge is -2.37. The molecule has 1 saturated heterocycles.